The van der Waals surface area contributed by atoms with Gasteiger partial charge in [-0.3, -0.25) is 4.21 Å². The Balaban J connectivity index is 2.41. The van der Waals surface area contributed by atoms with E-state index in [1.54, 1.807) is 24.3 Å². The molecule has 0 aliphatic rings. The average Bonchev–Trinajstić information content (AvgIpc) is 2.40. The van der Waals surface area contributed by atoms with Gasteiger partial charge in [0.05, 0.1) is 6.61 Å². The summed E-state index contributed by atoms with van der Waals surface area (Å²) < 4.78 is 29.0. The first-order valence-electron chi connectivity index (χ1n) is 6.74. The predicted molar refractivity (Wildman–Crippen MR) is 77.8 cm³/mol. The van der Waals surface area contributed by atoms with Crippen molar-refractivity contribution in [1.29, 1.82) is 0 Å². The van der Waals surface area contributed by atoms with Crippen LogP contribution in [0.1, 0.15) is 39.5 Å². The fraction of sp³-hybridized carbons (Fsp3) is 0.571. The fourth-order valence-electron chi connectivity index (χ4n) is 1.83. The molecule has 0 aliphatic carbocycles. The first-order valence-corrected chi connectivity index (χ1v) is 7.82. The summed E-state index contributed by atoms with van der Waals surface area (Å²) in [7, 11) is 0. The number of hydrogen-bond donors (Lipinski definition) is 1. The highest BCUT2D eigenvalue weighted by Crippen LogP contribution is 2.19. The number of unbranched alkanes of at least 4 members (excludes halogenated alkanes) is 1. The largest absolute Gasteiger partial charge is 0.755 e. The van der Waals surface area contributed by atoms with Gasteiger partial charge in [0, 0.05) is 17.0 Å². The third-order valence-corrected chi connectivity index (χ3v) is 3.49. The molecule has 0 amide bonds. The van der Waals surface area contributed by atoms with E-state index < -0.39 is 11.3 Å². The fourth-order valence-corrected chi connectivity index (χ4v) is 2.16. The Hall–Kier alpha value is -1.07. The number of nitrogens with one attached hydrogen (secondary N) is 1. The number of ether oxygens (including phenoxy) is 1. The average molecular weight is 284 g/mol. The lowest BCUT2D eigenvalue weighted by Gasteiger charge is -2.16. The van der Waals surface area contributed by atoms with Crippen LogP contribution in [0.25, 0.3) is 0 Å². The zero-order valence-corrected chi connectivity index (χ0v) is 12.4. The lowest BCUT2D eigenvalue weighted by molar-refractivity contribution is 0.233. The smallest absolute Gasteiger partial charge is 0.119 e. The second-order valence-electron chi connectivity index (χ2n) is 4.59. The molecule has 0 radical (unpaired) electrons. The topological polar surface area (TPSA) is 61.4 Å². The van der Waals surface area contributed by atoms with Gasteiger partial charge in [-0.25, -0.2) is 0 Å². The summed E-state index contributed by atoms with van der Waals surface area (Å²) in [5.74, 6) is 1.36. The molecule has 0 saturated carbocycles. The summed E-state index contributed by atoms with van der Waals surface area (Å²) in [5.41, 5.74) is 0.540. The van der Waals surface area contributed by atoms with E-state index in [4.69, 9.17) is 4.74 Å². The van der Waals surface area contributed by atoms with E-state index in [0.29, 0.717) is 11.6 Å². The molecule has 1 rings (SSSR count). The second-order valence-corrected chi connectivity index (χ2v) is 5.26. The molecule has 0 aromatic heterocycles. The second kappa shape index (κ2) is 8.93. The number of hydrogen-bond acceptors (Lipinski definition) is 3. The van der Waals surface area contributed by atoms with Crippen LogP contribution in [0.5, 0.6) is 5.75 Å². The third kappa shape index (κ3) is 6.59. The molecule has 0 bridgehead atoms. The van der Waals surface area contributed by atoms with Crippen LogP contribution in [0.3, 0.4) is 0 Å². The summed E-state index contributed by atoms with van der Waals surface area (Å²) in [6, 6.07) is 6.94. The van der Waals surface area contributed by atoms with Gasteiger partial charge in [0.25, 0.3) is 0 Å². The van der Waals surface area contributed by atoms with Crippen LogP contribution >= 0.6 is 0 Å². The molecule has 2 atom stereocenters. The Labute approximate surface area is 118 Å². The minimum absolute atomic E-state index is 0.540. The molecule has 1 aromatic rings. The summed E-state index contributed by atoms with van der Waals surface area (Å²) >= 11 is -2.28. The Morgan fingerprint density at radius 2 is 2.00 bits per heavy atom. The Morgan fingerprint density at radius 3 is 2.53 bits per heavy atom. The van der Waals surface area contributed by atoms with Crippen LogP contribution in [0.2, 0.25) is 0 Å². The van der Waals surface area contributed by atoms with Gasteiger partial charge in [-0.05, 0) is 36.6 Å². The van der Waals surface area contributed by atoms with Crippen LogP contribution in [-0.4, -0.2) is 15.4 Å². The highest BCUT2D eigenvalue weighted by Gasteiger charge is 2.06. The maximum absolute atomic E-state index is 10.5. The lowest BCUT2D eigenvalue weighted by atomic mass is 10.0. The molecule has 0 spiro atoms. The number of benzene rings is 1. The summed E-state index contributed by atoms with van der Waals surface area (Å²) in [4.78, 5) is 0. The molecule has 1 N–H and O–H groups in total. The molecule has 108 valence electrons. The van der Waals surface area contributed by atoms with Gasteiger partial charge < -0.3 is 14.0 Å². The first kappa shape index (κ1) is 16.0. The molecule has 19 heavy (non-hydrogen) atoms. The highest BCUT2D eigenvalue weighted by atomic mass is 32.2. The van der Waals surface area contributed by atoms with Gasteiger partial charge in [0.15, 0.2) is 0 Å². The quantitative estimate of drug-likeness (QED) is 0.706. The van der Waals surface area contributed by atoms with E-state index in [9.17, 15) is 8.76 Å². The van der Waals surface area contributed by atoms with Crippen molar-refractivity contribution < 1.29 is 13.5 Å². The van der Waals surface area contributed by atoms with Gasteiger partial charge in [0.2, 0.25) is 0 Å². The Morgan fingerprint density at radius 1 is 1.32 bits per heavy atom. The van der Waals surface area contributed by atoms with E-state index in [1.807, 2.05) is 0 Å². The van der Waals surface area contributed by atoms with Gasteiger partial charge in [-0.1, -0.05) is 33.1 Å². The number of anilines is 1. The number of rotatable bonds is 9. The van der Waals surface area contributed by atoms with Crippen LogP contribution in [-0.2, 0) is 11.3 Å². The molecule has 1 aromatic carbocycles. The zero-order valence-electron chi connectivity index (χ0n) is 11.6. The van der Waals surface area contributed by atoms with Crippen molar-refractivity contribution in [3.63, 3.8) is 0 Å². The minimum Gasteiger partial charge on any atom is -0.755 e. The monoisotopic (exact) mass is 284 g/mol. The minimum atomic E-state index is -2.28. The van der Waals surface area contributed by atoms with E-state index in [2.05, 4.69) is 18.6 Å². The molecule has 4 nitrogen and oxygen atoms in total. The van der Waals surface area contributed by atoms with Crippen molar-refractivity contribution in [2.75, 3.05) is 11.3 Å². The molecular formula is C14H22NO3S-. The molecule has 0 fully saturated rings. The first-order chi connectivity index (χ1) is 9.15. The Kier molecular flexibility index (Phi) is 7.52. The van der Waals surface area contributed by atoms with Crippen LogP contribution in [0.15, 0.2) is 24.3 Å². The summed E-state index contributed by atoms with van der Waals surface area (Å²) in [5, 5.41) is 0. The molecule has 5 heteroatoms. The van der Waals surface area contributed by atoms with Gasteiger partial charge in [-0.2, -0.15) is 0 Å². The summed E-state index contributed by atoms with van der Waals surface area (Å²) in [6.07, 6.45) is 4.76. The normalized spacial score (nSPS) is 13.8. The van der Waals surface area contributed by atoms with E-state index in [0.717, 1.165) is 18.8 Å². The highest BCUT2D eigenvalue weighted by molar-refractivity contribution is 7.80. The predicted octanol–water partition coefficient (Wildman–Crippen LogP) is 3.49. The molecular weight excluding hydrogens is 262 g/mol. The van der Waals surface area contributed by atoms with Crippen molar-refractivity contribution in [2.45, 2.75) is 39.5 Å². The standard InChI is InChI=1S/C14H23NO3S/c1-3-5-6-12(4-2)11-18-14-9-7-13(8-10-14)15-19(16)17/h7-10,12,15H,3-6,11H2,1-2H3,(H,16,17)/p-1. The van der Waals surface area contributed by atoms with Crippen molar-refractivity contribution in [3.05, 3.63) is 24.3 Å². The van der Waals surface area contributed by atoms with Gasteiger partial charge >= 0.3 is 0 Å². The van der Waals surface area contributed by atoms with Gasteiger partial charge in [0.1, 0.15) is 5.75 Å². The van der Waals surface area contributed by atoms with Crippen molar-refractivity contribution in [1.82, 2.24) is 0 Å². The van der Waals surface area contributed by atoms with Crippen LogP contribution < -0.4 is 9.46 Å². The SMILES string of the molecule is CCCCC(CC)COc1ccc(NS(=O)[O-])cc1. The zero-order chi connectivity index (χ0) is 14.1. The van der Waals surface area contributed by atoms with E-state index in [-0.39, 0.29) is 0 Å². The van der Waals surface area contributed by atoms with Crippen molar-refractivity contribution in [3.8, 4) is 5.75 Å². The molecule has 0 heterocycles. The molecule has 0 aliphatic heterocycles. The molecule has 0 saturated heterocycles. The van der Waals surface area contributed by atoms with Crippen molar-refractivity contribution in [2.24, 2.45) is 5.92 Å². The third-order valence-electron chi connectivity index (χ3n) is 3.08. The van der Waals surface area contributed by atoms with Crippen molar-refractivity contribution >= 4 is 17.0 Å². The van der Waals surface area contributed by atoms with Crippen LogP contribution in [0.4, 0.5) is 5.69 Å². The van der Waals surface area contributed by atoms with E-state index >= 15 is 0 Å². The molecule has 2 unspecified atom stereocenters. The maximum Gasteiger partial charge on any atom is 0.119 e. The summed E-state index contributed by atoms with van der Waals surface area (Å²) in [6.45, 7) is 5.09. The Bertz CT molecular complexity index is 381. The lowest BCUT2D eigenvalue weighted by Crippen LogP contribution is -2.11. The maximum atomic E-state index is 10.5. The van der Waals surface area contributed by atoms with Crippen LogP contribution in [0, 0.1) is 5.92 Å². The van der Waals surface area contributed by atoms with E-state index in [1.165, 1.54) is 19.3 Å². The van der Waals surface area contributed by atoms with Gasteiger partial charge in [-0.15, -0.1) is 0 Å².